The average Bonchev–Trinajstić information content (AvgIpc) is 1.97. The topological polar surface area (TPSA) is 80.4 Å². The number of aryl methyl sites for hydroxylation is 2. The Morgan fingerprint density at radius 3 is 1.92 bits per heavy atom. The molecule has 0 saturated carbocycles. The van der Waals surface area contributed by atoms with Crippen LogP contribution in [0.5, 0.6) is 5.75 Å². The van der Waals surface area contributed by atoms with Crippen molar-refractivity contribution in [3.8, 4) is 5.75 Å². The van der Waals surface area contributed by atoms with Crippen molar-refractivity contribution < 1.29 is 13.5 Å². The van der Waals surface area contributed by atoms with Crippen LogP contribution in [0.3, 0.4) is 0 Å². The summed E-state index contributed by atoms with van der Waals surface area (Å²) in [5.74, 6) is 0.104. The molecule has 0 amide bonds. The summed E-state index contributed by atoms with van der Waals surface area (Å²) in [6.45, 7) is 3.24. The minimum atomic E-state index is -3.68. The number of sulfonamides is 1. The Labute approximate surface area is 77.1 Å². The van der Waals surface area contributed by atoms with E-state index in [9.17, 15) is 13.5 Å². The van der Waals surface area contributed by atoms with Gasteiger partial charge in [0.15, 0.2) is 0 Å². The van der Waals surface area contributed by atoms with E-state index in [0.29, 0.717) is 11.1 Å². The fraction of sp³-hybridized carbons (Fsp3) is 0.250. The SMILES string of the molecule is Cc1cc(S(N)(=O)=O)cc(C)c1O. The number of aromatic hydroxyl groups is 1. The van der Waals surface area contributed by atoms with E-state index in [4.69, 9.17) is 5.14 Å². The summed E-state index contributed by atoms with van der Waals surface area (Å²) in [4.78, 5) is 0.0281. The van der Waals surface area contributed by atoms with Crippen LogP contribution in [-0.4, -0.2) is 13.5 Å². The molecule has 0 aromatic heterocycles. The van der Waals surface area contributed by atoms with Gasteiger partial charge in [-0.1, -0.05) is 0 Å². The fourth-order valence-electron chi connectivity index (χ4n) is 1.08. The summed E-state index contributed by atoms with van der Waals surface area (Å²) in [5, 5.41) is 14.3. The van der Waals surface area contributed by atoms with Gasteiger partial charge in [0.1, 0.15) is 5.75 Å². The monoisotopic (exact) mass is 201 g/mol. The molecule has 0 heterocycles. The van der Waals surface area contributed by atoms with Crippen LogP contribution in [0.1, 0.15) is 11.1 Å². The van der Waals surface area contributed by atoms with Crippen molar-refractivity contribution in [1.29, 1.82) is 0 Å². The molecule has 72 valence electrons. The summed E-state index contributed by atoms with van der Waals surface area (Å²) in [6, 6.07) is 2.69. The van der Waals surface area contributed by atoms with Crippen LogP contribution in [0.2, 0.25) is 0 Å². The van der Waals surface area contributed by atoms with E-state index in [1.54, 1.807) is 13.8 Å². The van der Waals surface area contributed by atoms with Crippen molar-refractivity contribution in [3.63, 3.8) is 0 Å². The fourth-order valence-corrected chi connectivity index (χ4v) is 1.76. The first-order chi connectivity index (χ1) is 5.82. The second kappa shape index (κ2) is 3.01. The first kappa shape index (κ1) is 10.0. The molecular weight excluding hydrogens is 190 g/mol. The van der Waals surface area contributed by atoms with E-state index in [-0.39, 0.29) is 10.6 Å². The number of primary sulfonamides is 1. The number of hydrogen-bond acceptors (Lipinski definition) is 3. The number of hydrogen-bond donors (Lipinski definition) is 2. The van der Waals surface area contributed by atoms with Gasteiger partial charge in [-0.05, 0) is 37.1 Å². The van der Waals surface area contributed by atoms with E-state index in [2.05, 4.69) is 0 Å². The zero-order valence-corrected chi connectivity index (χ0v) is 8.22. The molecule has 0 aliphatic carbocycles. The van der Waals surface area contributed by atoms with Crippen LogP contribution in [-0.2, 0) is 10.0 Å². The lowest BCUT2D eigenvalue weighted by Crippen LogP contribution is -2.12. The minimum Gasteiger partial charge on any atom is -0.507 e. The Kier molecular flexibility index (Phi) is 2.32. The van der Waals surface area contributed by atoms with Crippen molar-refractivity contribution in [3.05, 3.63) is 23.3 Å². The number of rotatable bonds is 1. The second-order valence-electron chi connectivity index (χ2n) is 2.95. The smallest absolute Gasteiger partial charge is 0.238 e. The molecule has 0 aliphatic heterocycles. The van der Waals surface area contributed by atoms with Gasteiger partial charge in [-0.2, -0.15) is 0 Å². The van der Waals surface area contributed by atoms with Gasteiger partial charge in [0, 0.05) is 0 Å². The Balaban J connectivity index is 3.47. The molecule has 0 bridgehead atoms. The molecular formula is C8H11NO3S. The van der Waals surface area contributed by atoms with Crippen molar-refractivity contribution in [2.45, 2.75) is 18.7 Å². The van der Waals surface area contributed by atoms with Crippen LogP contribution < -0.4 is 5.14 Å². The predicted molar refractivity (Wildman–Crippen MR) is 49.0 cm³/mol. The highest BCUT2D eigenvalue weighted by Crippen LogP contribution is 2.24. The summed E-state index contributed by atoms with van der Waals surface area (Å²) in [6.07, 6.45) is 0. The average molecular weight is 201 g/mol. The zero-order valence-electron chi connectivity index (χ0n) is 7.40. The Bertz CT molecular complexity index is 414. The number of phenolic OH excluding ortho intramolecular Hbond substituents is 1. The molecule has 0 radical (unpaired) electrons. The lowest BCUT2D eigenvalue weighted by molar-refractivity contribution is 0.466. The maximum atomic E-state index is 10.9. The molecule has 5 heteroatoms. The third-order valence-corrected chi connectivity index (χ3v) is 2.69. The van der Waals surface area contributed by atoms with Gasteiger partial charge in [-0.3, -0.25) is 0 Å². The third-order valence-electron chi connectivity index (χ3n) is 1.79. The molecule has 1 rings (SSSR count). The van der Waals surface area contributed by atoms with Gasteiger partial charge in [0.05, 0.1) is 4.90 Å². The van der Waals surface area contributed by atoms with Crippen LogP contribution in [0.15, 0.2) is 17.0 Å². The normalized spacial score (nSPS) is 11.6. The summed E-state index contributed by atoms with van der Waals surface area (Å²) >= 11 is 0. The molecule has 13 heavy (non-hydrogen) atoms. The van der Waals surface area contributed by atoms with Crippen molar-refractivity contribution in [2.24, 2.45) is 5.14 Å². The predicted octanol–water partition coefficient (Wildman–Crippen LogP) is 0.656. The first-order valence-electron chi connectivity index (χ1n) is 3.65. The Hall–Kier alpha value is -1.07. The first-order valence-corrected chi connectivity index (χ1v) is 5.20. The van der Waals surface area contributed by atoms with E-state index >= 15 is 0 Å². The lowest BCUT2D eigenvalue weighted by atomic mass is 10.1. The molecule has 0 atom stereocenters. The van der Waals surface area contributed by atoms with Gasteiger partial charge in [-0.15, -0.1) is 0 Å². The maximum Gasteiger partial charge on any atom is 0.238 e. The molecule has 0 spiro atoms. The van der Waals surface area contributed by atoms with Gasteiger partial charge in [0.25, 0.3) is 0 Å². The number of benzene rings is 1. The molecule has 0 fully saturated rings. The van der Waals surface area contributed by atoms with Crippen molar-refractivity contribution >= 4 is 10.0 Å². The van der Waals surface area contributed by atoms with Crippen LogP contribution in [0, 0.1) is 13.8 Å². The lowest BCUT2D eigenvalue weighted by Gasteiger charge is -2.05. The van der Waals surface area contributed by atoms with E-state index in [1.165, 1.54) is 12.1 Å². The summed E-state index contributed by atoms with van der Waals surface area (Å²) in [5.41, 5.74) is 1.01. The minimum absolute atomic E-state index is 0.0281. The molecule has 0 saturated heterocycles. The number of phenols is 1. The van der Waals surface area contributed by atoms with E-state index < -0.39 is 10.0 Å². The van der Waals surface area contributed by atoms with Gasteiger partial charge in [0.2, 0.25) is 10.0 Å². The second-order valence-corrected chi connectivity index (χ2v) is 4.51. The maximum absolute atomic E-state index is 10.9. The third kappa shape index (κ3) is 1.99. The standard InChI is InChI=1S/C8H11NO3S/c1-5-3-7(13(9,11)12)4-6(2)8(5)10/h3-4,10H,1-2H3,(H2,9,11,12). The molecule has 3 N–H and O–H groups in total. The summed E-state index contributed by atoms with van der Waals surface area (Å²) < 4.78 is 21.9. The van der Waals surface area contributed by atoms with Gasteiger partial charge >= 0.3 is 0 Å². The molecule has 1 aromatic rings. The summed E-state index contributed by atoms with van der Waals surface area (Å²) in [7, 11) is -3.68. The highest BCUT2D eigenvalue weighted by molar-refractivity contribution is 7.89. The van der Waals surface area contributed by atoms with Crippen LogP contribution in [0.4, 0.5) is 0 Å². The zero-order chi connectivity index (χ0) is 10.2. The molecule has 0 unspecified atom stereocenters. The van der Waals surface area contributed by atoms with Crippen molar-refractivity contribution in [1.82, 2.24) is 0 Å². The number of nitrogens with two attached hydrogens (primary N) is 1. The molecule has 0 aliphatic rings. The quantitative estimate of drug-likeness (QED) is 0.700. The Morgan fingerprint density at radius 1 is 1.23 bits per heavy atom. The van der Waals surface area contributed by atoms with Crippen molar-refractivity contribution in [2.75, 3.05) is 0 Å². The highest BCUT2D eigenvalue weighted by atomic mass is 32.2. The van der Waals surface area contributed by atoms with Crippen LogP contribution >= 0.6 is 0 Å². The largest absolute Gasteiger partial charge is 0.507 e. The Morgan fingerprint density at radius 2 is 1.62 bits per heavy atom. The van der Waals surface area contributed by atoms with Gasteiger partial charge < -0.3 is 5.11 Å². The van der Waals surface area contributed by atoms with E-state index in [1.807, 2.05) is 0 Å². The van der Waals surface area contributed by atoms with Gasteiger partial charge in [-0.25, -0.2) is 13.6 Å². The van der Waals surface area contributed by atoms with Crippen LogP contribution in [0.25, 0.3) is 0 Å². The van der Waals surface area contributed by atoms with E-state index in [0.717, 1.165) is 0 Å². The molecule has 1 aromatic carbocycles. The molecule has 4 nitrogen and oxygen atoms in total. The highest BCUT2D eigenvalue weighted by Gasteiger charge is 2.11.